The molecule has 3 N–H and O–H groups in total. The van der Waals surface area contributed by atoms with Crippen molar-refractivity contribution >= 4 is 29.3 Å². The van der Waals surface area contributed by atoms with Gasteiger partial charge in [-0.2, -0.15) is 4.98 Å². The van der Waals surface area contributed by atoms with E-state index in [1.54, 1.807) is 11.9 Å². The molecular formula is C11H18ClN5O. The second-order valence-corrected chi connectivity index (χ2v) is 4.86. The number of hydrogen-bond donors (Lipinski definition) is 2. The van der Waals surface area contributed by atoms with Gasteiger partial charge in [-0.3, -0.25) is 4.79 Å². The summed E-state index contributed by atoms with van der Waals surface area (Å²) in [5.41, 5.74) is 5.49. The number of halogens is 1. The van der Waals surface area contributed by atoms with Crippen LogP contribution in [0.3, 0.4) is 0 Å². The van der Waals surface area contributed by atoms with Gasteiger partial charge in [0, 0.05) is 13.6 Å². The Hall–Kier alpha value is -1.56. The Labute approximate surface area is 112 Å². The third-order valence-corrected chi connectivity index (χ3v) is 2.46. The number of nitrogens with one attached hydrogen (secondary N) is 1. The van der Waals surface area contributed by atoms with Gasteiger partial charge in [-0.05, 0) is 5.92 Å². The Morgan fingerprint density at radius 2 is 2.28 bits per heavy atom. The fourth-order valence-electron chi connectivity index (χ4n) is 1.30. The summed E-state index contributed by atoms with van der Waals surface area (Å²) in [6.45, 7) is 4.88. The quantitative estimate of drug-likeness (QED) is 0.832. The van der Waals surface area contributed by atoms with Gasteiger partial charge in [0.1, 0.15) is 5.02 Å². The average Bonchev–Trinajstić information content (AvgIpc) is 2.29. The van der Waals surface area contributed by atoms with Crippen LogP contribution in [0.4, 0.5) is 11.8 Å². The molecule has 0 aromatic carbocycles. The Morgan fingerprint density at radius 3 is 2.89 bits per heavy atom. The van der Waals surface area contributed by atoms with Crippen molar-refractivity contribution in [3.05, 3.63) is 11.2 Å². The topological polar surface area (TPSA) is 84.1 Å². The molecule has 0 spiro atoms. The number of hydrogen-bond acceptors (Lipinski definition) is 5. The molecule has 1 heterocycles. The molecule has 6 nitrogen and oxygen atoms in total. The second kappa shape index (κ2) is 6.39. The van der Waals surface area contributed by atoms with Crippen LogP contribution in [0.1, 0.15) is 13.8 Å². The lowest BCUT2D eigenvalue weighted by Crippen LogP contribution is -2.37. The summed E-state index contributed by atoms with van der Waals surface area (Å²) < 4.78 is 0. The normalized spacial score (nSPS) is 10.5. The molecule has 0 bridgehead atoms. The smallest absolute Gasteiger partial charge is 0.239 e. The maximum absolute atomic E-state index is 11.7. The lowest BCUT2D eigenvalue weighted by atomic mass is 10.2. The van der Waals surface area contributed by atoms with E-state index in [0.717, 1.165) is 0 Å². The van der Waals surface area contributed by atoms with E-state index < -0.39 is 0 Å². The summed E-state index contributed by atoms with van der Waals surface area (Å²) in [7, 11) is 1.72. The second-order valence-electron chi connectivity index (χ2n) is 4.45. The standard InChI is InChI=1S/C11H18ClN5O/c1-7(2)4-14-9(18)6-17(3)10-8(12)5-15-11(13)16-10/h5,7H,4,6H2,1-3H3,(H,14,18)(H2,13,15,16). The number of nitrogen functional groups attached to an aromatic ring is 1. The number of aromatic nitrogens is 2. The van der Waals surface area contributed by atoms with Crippen molar-refractivity contribution in [2.75, 3.05) is 30.8 Å². The Bertz CT molecular complexity index is 424. The van der Waals surface area contributed by atoms with E-state index in [1.807, 2.05) is 13.8 Å². The molecule has 0 unspecified atom stereocenters. The molecule has 0 saturated carbocycles. The zero-order valence-corrected chi connectivity index (χ0v) is 11.5. The molecule has 18 heavy (non-hydrogen) atoms. The number of nitrogens with zero attached hydrogens (tertiary/aromatic N) is 3. The van der Waals surface area contributed by atoms with Gasteiger partial charge >= 0.3 is 0 Å². The maximum Gasteiger partial charge on any atom is 0.239 e. The first-order chi connectivity index (χ1) is 8.40. The van der Waals surface area contributed by atoms with Crippen molar-refractivity contribution in [3.8, 4) is 0 Å². The third kappa shape index (κ3) is 4.37. The molecule has 100 valence electrons. The van der Waals surface area contributed by atoms with Crippen molar-refractivity contribution in [1.29, 1.82) is 0 Å². The molecule has 1 rings (SSSR count). The van der Waals surface area contributed by atoms with E-state index >= 15 is 0 Å². The molecule has 1 amide bonds. The molecule has 0 atom stereocenters. The molecule has 0 fully saturated rings. The number of carbonyl (C=O) groups excluding carboxylic acids is 1. The van der Waals surface area contributed by atoms with E-state index in [9.17, 15) is 4.79 Å². The van der Waals surface area contributed by atoms with Crippen molar-refractivity contribution in [2.24, 2.45) is 5.92 Å². The highest BCUT2D eigenvalue weighted by molar-refractivity contribution is 6.32. The monoisotopic (exact) mass is 271 g/mol. The van der Waals surface area contributed by atoms with Crippen LogP contribution < -0.4 is 16.0 Å². The molecule has 0 aliphatic heterocycles. The largest absolute Gasteiger partial charge is 0.368 e. The van der Waals surface area contributed by atoms with Crippen LogP contribution in [-0.4, -0.2) is 36.0 Å². The van der Waals surface area contributed by atoms with Gasteiger partial charge < -0.3 is 16.0 Å². The summed E-state index contributed by atoms with van der Waals surface area (Å²) >= 11 is 5.95. The minimum atomic E-state index is -0.0838. The van der Waals surface area contributed by atoms with E-state index in [1.165, 1.54) is 6.20 Å². The van der Waals surface area contributed by atoms with E-state index in [4.69, 9.17) is 17.3 Å². The predicted octanol–water partition coefficient (Wildman–Crippen LogP) is 0.921. The highest BCUT2D eigenvalue weighted by Gasteiger charge is 2.12. The Balaban J connectivity index is 2.62. The number of anilines is 2. The zero-order chi connectivity index (χ0) is 13.7. The van der Waals surface area contributed by atoms with Gasteiger partial charge in [-0.25, -0.2) is 4.98 Å². The maximum atomic E-state index is 11.7. The van der Waals surface area contributed by atoms with Gasteiger partial charge in [0.05, 0.1) is 12.7 Å². The molecule has 0 aliphatic rings. The van der Waals surface area contributed by atoms with Crippen molar-refractivity contribution in [2.45, 2.75) is 13.8 Å². The van der Waals surface area contributed by atoms with Crippen LogP contribution in [0, 0.1) is 5.92 Å². The lowest BCUT2D eigenvalue weighted by Gasteiger charge is -2.19. The average molecular weight is 272 g/mol. The highest BCUT2D eigenvalue weighted by atomic mass is 35.5. The number of amides is 1. The van der Waals surface area contributed by atoms with Crippen LogP contribution in [0.25, 0.3) is 0 Å². The molecule has 7 heteroatoms. The number of carbonyl (C=O) groups is 1. The third-order valence-electron chi connectivity index (χ3n) is 2.19. The Morgan fingerprint density at radius 1 is 1.61 bits per heavy atom. The summed E-state index contributed by atoms with van der Waals surface area (Å²) in [6, 6.07) is 0. The summed E-state index contributed by atoms with van der Waals surface area (Å²) in [5.74, 6) is 0.907. The van der Waals surface area contributed by atoms with Gasteiger partial charge in [0.2, 0.25) is 11.9 Å². The fraction of sp³-hybridized carbons (Fsp3) is 0.545. The van der Waals surface area contributed by atoms with Gasteiger partial charge in [-0.15, -0.1) is 0 Å². The minimum absolute atomic E-state index is 0.0838. The SMILES string of the molecule is CC(C)CNC(=O)CN(C)c1nc(N)ncc1Cl. The van der Waals surface area contributed by atoms with E-state index in [0.29, 0.717) is 23.3 Å². The molecule has 0 radical (unpaired) electrons. The highest BCUT2D eigenvalue weighted by Crippen LogP contribution is 2.21. The summed E-state index contributed by atoms with van der Waals surface area (Å²) in [6.07, 6.45) is 1.42. The molecule has 0 saturated heterocycles. The van der Waals surface area contributed by atoms with Gasteiger partial charge in [0.15, 0.2) is 5.82 Å². The van der Waals surface area contributed by atoms with Crippen molar-refractivity contribution in [1.82, 2.24) is 15.3 Å². The lowest BCUT2D eigenvalue weighted by molar-refractivity contribution is -0.119. The van der Waals surface area contributed by atoms with Crippen molar-refractivity contribution in [3.63, 3.8) is 0 Å². The van der Waals surface area contributed by atoms with E-state index in [2.05, 4.69) is 15.3 Å². The predicted molar refractivity (Wildman–Crippen MR) is 72.6 cm³/mol. The zero-order valence-electron chi connectivity index (χ0n) is 10.8. The Kier molecular flexibility index (Phi) is 5.15. The number of likely N-dealkylation sites (N-methyl/N-ethyl adjacent to an activating group) is 1. The van der Waals surface area contributed by atoms with Crippen LogP contribution in [-0.2, 0) is 4.79 Å². The molecule has 1 aromatic heterocycles. The van der Waals surface area contributed by atoms with Crippen LogP contribution in [0.2, 0.25) is 5.02 Å². The summed E-state index contributed by atoms with van der Waals surface area (Å²) in [5, 5.41) is 3.18. The van der Waals surface area contributed by atoms with E-state index in [-0.39, 0.29) is 18.4 Å². The minimum Gasteiger partial charge on any atom is -0.368 e. The van der Waals surface area contributed by atoms with Crippen LogP contribution >= 0.6 is 11.6 Å². The van der Waals surface area contributed by atoms with Gasteiger partial charge in [-0.1, -0.05) is 25.4 Å². The number of nitrogens with two attached hydrogens (primary N) is 1. The van der Waals surface area contributed by atoms with Gasteiger partial charge in [0.25, 0.3) is 0 Å². The number of rotatable bonds is 5. The fourth-order valence-corrected chi connectivity index (χ4v) is 1.54. The first-order valence-corrected chi connectivity index (χ1v) is 6.03. The van der Waals surface area contributed by atoms with Crippen molar-refractivity contribution < 1.29 is 4.79 Å². The van der Waals surface area contributed by atoms with Crippen LogP contribution in [0.15, 0.2) is 6.20 Å². The molecule has 0 aliphatic carbocycles. The van der Waals surface area contributed by atoms with Crippen LogP contribution in [0.5, 0.6) is 0 Å². The summed E-state index contributed by atoms with van der Waals surface area (Å²) in [4.78, 5) is 21.1. The first-order valence-electron chi connectivity index (χ1n) is 5.66. The molecule has 1 aromatic rings. The molecular weight excluding hydrogens is 254 g/mol. The first kappa shape index (κ1) is 14.5.